The first-order valence-electron chi connectivity index (χ1n) is 9.64. The molecule has 6 heteroatoms. The zero-order valence-electron chi connectivity index (χ0n) is 17.0. The van der Waals surface area contributed by atoms with Gasteiger partial charge in [0.1, 0.15) is 0 Å². The van der Waals surface area contributed by atoms with Gasteiger partial charge in [-0.05, 0) is 48.4 Å². The number of ether oxygens (including phenoxy) is 1. The van der Waals surface area contributed by atoms with E-state index in [1.807, 2.05) is 55.5 Å². The zero-order chi connectivity index (χ0) is 20.8. The topological polar surface area (TPSA) is 61.9 Å². The van der Waals surface area contributed by atoms with Crippen molar-refractivity contribution in [3.05, 3.63) is 83.0 Å². The van der Waals surface area contributed by atoms with Crippen LogP contribution in [0.4, 0.5) is 0 Å². The van der Waals surface area contributed by atoms with Crippen LogP contribution in [-0.4, -0.2) is 26.2 Å². The van der Waals surface area contributed by atoms with Crippen molar-refractivity contribution < 1.29 is 4.74 Å². The van der Waals surface area contributed by atoms with Gasteiger partial charge >= 0.3 is 5.69 Å². The molecule has 148 valence electrons. The van der Waals surface area contributed by atoms with Crippen molar-refractivity contribution in [2.24, 2.45) is 7.05 Å². The van der Waals surface area contributed by atoms with E-state index in [9.17, 15) is 4.79 Å². The summed E-state index contributed by atoms with van der Waals surface area (Å²) in [6.45, 7) is 2.02. The van der Waals surface area contributed by atoms with Crippen LogP contribution in [0.1, 0.15) is 5.56 Å². The Hall–Kier alpha value is -3.93. The normalized spacial score (nSPS) is 11.3. The molecular formula is C24H20N4O2. The third-order valence-corrected chi connectivity index (χ3v) is 5.42. The highest BCUT2D eigenvalue weighted by molar-refractivity contribution is 6.04. The fraction of sp³-hybridized carbons (Fsp3) is 0.125. The maximum absolute atomic E-state index is 13.1. The quantitative estimate of drug-likeness (QED) is 0.457. The Morgan fingerprint density at radius 1 is 0.933 bits per heavy atom. The summed E-state index contributed by atoms with van der Waals surface area (Å²) in [5, 5.41) is 0.917. The summed E-state index contributed by atoms with van der Waals surface area (Å²) in [7, 11) is 3.38. The molecule has 6 nitrogen and oxygen atoms in total. The van der Waals surface area contributed by atoms with E-state index in [2.05, 4.69) is 16.0 Å². The van der Waals surface area contributed by atoms with E-state index in [0.717, 1.165) is 44.3 Å². The third kappa shape index (κ3) is 2.76. The molecule has 3 aromatic heterocycles. The number of aromatic nitrogens is 4. The van der Waals surface area contributed by atoms with Crippen LogP contribution in [0.25, 0.3) is 38.8 Å². The van der Waals surface area contributed by atoms with Crippen LogP contribution >= 0.6 is 0 Å². The number of methoxy groups -OCH3 is 1. The van der Waals surface area contributed by atoms with Gasteiger partial charge in [-0.2, -0.15) is 0 Å². The minimum atomic E-state index is -0.0959. The number of pyridine rings is 2. The second-order valence-corrected chi connectivity index (χ2v) is 7.33. The molecule has 0 spiro atoms. The van der Waals surface area contributed by atoms with Crippen LogP contribution in [0.5, 0.6) is 5.88 Å². The van der Waals surface area contributed by atoms with Crippen LogP contribution in [-0.2, 0) is 7.05 Å². The average Bonchev–Trinajstić information content (AvgIpc) is 3.04. The minimum absolute atomic E-state index is 0.0959. The predicted octanol–water partition coefficient (Wildman–Crippen LogP) is 4.26. The summed E-state index contributed by atoms with van der Waals surface area (Å²) in [5.74, 6) is 0.569. The highest BCUT2D eigenvalue weighted by atomic mass is 16.5. The number of hydrogen-bond acceptors (Lipinski definition) is 4. The molecular weight excluding hydrogens is 376 g/mol. The molecule has 0 aliphatic carbocycles. The summed E-state index contributed by atoms with van der Waals surface area (Å²) < 4.78 is 8.57. The number of nitrogens with zero attached hydrogens (tertiary/aromatic N) is 4. The van der Waals surface area contributed by atoms with Gasteiger partial charge in [-0.15, -0.1) is 0 Å². The van der Waals surface area contributed by atoms with Gasteiger partial charge in [0.05, 0.1) is 35.5 Å². The van der Waals surface area contributed by atoms with Gasteiger partial charge in [0.15, 0.2) is 0 Å². The SMILES string of the molecule is COc1ccc(-c2ccc3ncc4c(c3c2)n(-c2cccc(C)c2)c(=O)n4C)cn1. The van der Waals surface area contributed by atoms with Gasteiger partial charge < -0.3 is 4.74 Å². The predicted molar refractivity (Wildman–Crippen MR) is 118 cm³/mol. The first kappa shape index (κ1) is 18.1. The monoisotopic (exact) mass is 396 g/mol. The summed E-state index contributed by atoms with van der Waals surface area (Å²) in [5.41, 5.74) is 6.28. The largest absolute Gasteiger partial charge is 0.481 e. The van der Waals surface area contributed by atoms with E-state index in [0.29, 0.717) is 5.88 Å². The van der Waals surface area contributed by atoms with Crippen LogP contribution in [0.3, 0.4) is 0 Å². The number of fused-ring (bicyclic) bond motifs is 3. The highest BCUT2D eigenvalue weighted by Crippen LogP contribution is 2.30. The summed E-state index contributed by atoms with van der Waals surface area (Å²) in [4.78, 5) is 22.0. The van der Waals surface area contributed by atoms with E-state index >= 15 is 0 Å². The molecule has 5 rings (SSSR count). The lowest BCUT2D eigenvalue weighted by molar-refractivity contribution is 0.398. The molecule has 0 N–H and O–H groups in total. The molecule has 2 aromatic carbocycles. The Kier molecular flexibility index (Phi) is 4.13. The molecule has 0 aliphatic rings. The van der Waals surface area contributed by atoms with E-state index in [-0.39, 0.29) is 5.69 Å². The van der Waals surface area contributed by atoms with Crippen molar-refractivity contribution in [3.63, 3.8) is 0 Å². The van der Waals surface area contributed by atoms with Gasteiger partial charge in [0.2, 0.25) is 5.88 Å². The summed E-state index contributed by atoms with van der Waals surface area (Å²) in [6, 6.07) is 17.8. The maximum atomic E-state index is 13.1. The smallest absolute Gasteiger partial charge is 0.333 e. The Balaban J connectivity index is 1.83. The molecule has 0 radical (unpaired) electrons. The number of rotatable bonds is 3. The number of imidazole rings is 1. The third-order valence-electron chi connectivity index (χ3n) is 5.42. The number of benzene rings is 2. The van der Waals surface area contributed by atoms with Crippen molar-refractivity contribution in [1.82, 2.24) is 19.1 Å². The van der Waals surface area contributed by atoms with E-state index in [4.69, 9.17) is 4.74 Å². The average molecular weight is 396 g/mol. The molecule has 0 bridgehead atoms. The van der Waals surface area contributed by atoms with E-state index < -0.39 is 0 Å². The fourth-order valence-electron chi connectivity index (χ4n) is 3.86. The Morgan fingerprint density at radius 3 is 2.50 bits per heavy atom. The number of hydrogen-bond donors (Lipinski definition) is 0. The van der Waals surface area contributed by atoms with Crippen molar-refractivity contribution >= 4 is 21.9 Å². The lowest BCUT2D eigenvalue weighted by Gasteiger charge is -2.09. The van der Waals surface area contributed by atoms with Crippen LogP contribution in [0.15, 0.2) is 71.8 Å². The van der Waals surface area contributed by atoms with Gasteiger partial charge in [0, 0.05) is 30.3 Å². The van der Waals surface area contributed by atoms with Crippen molar-refractivity contribution in [1.29, 1.82) is 0 Å². The van der Waals surface area contributed by atoms with Gasteiger partial charge in [-0.1, -0.05) is 18.2 Å². The molecule has 3 heterocycles. The Bertz CT molecular complexity index is 1460. The van der Waals surface area contributed by atoms with Gasteiger partial charge in [0.25, 0.3) is 0 Å². The first-order valence-corrected chi connectivity index (χ1v) is 9.64. The Morgan fingerprint density at radius 2 is 1.77 bits per heavy atom. The number of aryl methyl sites for hydroxylation is 2. The molecule has 0 amide bonds. The van der Waals surface area contributed by atoms with Crippen molar-refractivity contribution in [3.8, 4) is 22.7 Å². The van der Waals surface area contributed by atoms with E-state index in [1.165, 1.54) is 0 Å². The van der Waals surface area contributed by atoms with Crippen molar-refractivity contribution in [2.75, 3.05) is 7.11 Å². The first-order chi connectivity index (χ1) is 14.6. The molecule has 5 aromatic rings. The van der Waals surface area contributed by atoms with Gasteiger partial charge in [-0.25, -0.2) is 9.78 Å². The van der Waals surface area contributed by atoms with Crippen LogP contribution in [0.2, 0.25) is 0 Å². The lowest BCUT2D eigenvalue weighted by atomic mass is 10.0. The standard InChI is InChI=1S/C24H20N4O2/c1-15-5-4-6-18(11-15)28-23-19-12-16(17-8-10-22(30-3)26-13-17)7-9-20(19)25-14-21(23)27(2)24(28)29/h4-14H,1-3H3. The molecule has 0 saturated carbocycles. The fourth-order valence-corrected chi connectivity index (χ4v) is 3.86. The highest BCUT2D eigenvalue weighted by Gasteiger charge is 2.16. The Labute approximate surface area is 173 Å². The molecule has 30 heavy (non-hydrogen) atoms. The van der Waals surface area contributed by atoms with Crippen molar-refractivity contribution in [2.45, 2.75) is 6.92 Å². The molecule has 0 fully saturated rings. The second-order valence-electron chi connectivity index (χ2n) is 7.33. The maximum Gasteiger partial charge on any atom is 0.333 e. The van der Waals surface area contributed by atoms with Crippen LogP contribution in [0, 0.1) is 6.92 Å². The minimum Gasteiger partial charge on any atom is -0.481 e. The summed E-state index contributed by atoms with van der Waals surface area (Å²) in [6.07, 6.45) is 3.55. The lowest BCUT2D eigenvalue weighted by Crippen LogP contribution is -2.20. The second kappa shape index (κ2) is 6.84. The summed E-state index contributed by atoms with van der Waals surface area (Å²) >= 11 is 0. The van der Waals surface area contributed by atoms with Gasteiger partial charge in [-0.3, -0.25) is 14.1 Å². The van der Waals surface area contributed by atoms with E-state index in [1.54, 1.807) is 35.7 Å². The molecule has 0 atom stereocenters. The molecule has 0 aliphatic heterocycles. The molecule has 0 saturated heterocycles. The molecule has 0 unspecified atom stereocenters. The zero-order valence-corrected chi connectivity index (χ0v) is 17.0. The van der Waals surface area contributed by atoms with Crippen LogP contribution < -0.4 is 10.4 Å².